The molecule has 124 valence electrons. The Morgan fingerprint density at radius 1 is 1.26 bits per heavy atom. The number of amides is 1. The predicted molar refractivity (Wildman–Crippen MR) is 83.8 cm³/mol. The largest absolute Gasteiger partial charge is 0.508 e. The Kier molecular flexibility index (Phi) is 5.05. The molecule has 6 heteroatoms. The summed E-state index contributed by atoms with van der Waals surface area (Å²) in [5.41, 5.74) is 0.337. The Hall–Kier alpha value is -2.34. The van der Waals surface area contributed by atoms with Crippen LogP contribution in [0.15, 0.2) is 35.6 Å². The van der Waals surface area contributed by atoms with E-state index >= 15 is 0 Å². The van der Waals surface area contributed by atoms with Gasteiger partial charge in [-0.2, -0.15) is 0 Å². The van der Waals surface area contributed by atoms with E-state index in [0.717, 1.165) is 0 Å². The SMILES string of the molecule is CC(C)CC(=O)C1=C(O)C(=O)N(CCO)C1c1ccccc1O. The number of aliphatic hydroxyl groups excluding tert-OH is 2. The Balaban J connectivity index is 2.53. The van der Waals surface area contributed by atoms with Gasteiger partial charge in [-0.05, 0) is 12.0 Å². The van der Waals surface area contributed by atoms with E-state index < -0.39 is 17.7 Å². The third-order valence-corrected chi connectivity index (χ3v) is 3.77. The minimum Gasteiger partial charge on any atom is -0.508 e. The normalized spacial score (nSPS) is 18.2. The fourth-order valence-electron chi connectivity index (χ4n) is 2.80. The van der Waals surface area contributed by atoms with Crippen molar-refractivity contribution in [3.63, 3.8) is 0 Å². The van der Waals surface area contributed by atoms with E-state index in [1.165, 1.54) is 11.0 Å². The second-order valence-corrected chi connectivity index (χ2v) is 5.97. The lowest BCUT2D eigenvalue weighted by molar-refractivity contribution is -0.129. The van der Waals surface area contributed by atoms with Crippen molar-refractivity contribution >= 4 is 11.7 Å². The summed E-state index contributed by atoms with van der Waals surface area (Å²) in [6, 6.07) is 5.47. The fraction of sp³-hybridized carbons (Fsp3) is 0.412. The highest BCUT2D eigenvalue weighted by Crippen LogP contribution is 2.41. The summed E-state index contributed by atoms with van der Waals surface area (Å²) < 4.78 is 0. The maximum atomic E-state index is 12.5. The Morgan fingerprint density at radius 2 is 1.91 bits per heavy atom. The van der Waals surface area contributed by atoms with Gasteiger partial charge in [-0.3, -0.25) is 9.59 Å². The van der Waals surface area contributed by atoms with Crippen LogP contribution < -0.4 is 0 Å². The lowest BCUT2D eigenvalue weighted by Crippen LogP contribution is -2.33. The molecule has 1 heterocycles. The third-order valence-electron chi connectivity index (χ3n) is 3.77. The van der Waals surface area contributed by atoms with E-state index in [4.69, 9.17) is 0 Å². The molecule has 0 radical (unpaired) electrons. The van der Waals surface area contributed by atoms with E-state index in [0.29, 0.717) is 5.56 Å². The number of ketones is 1. The van der Waals surface area contributed by atoms with Gasteiger partial charge < -0.3 is 20.2 Å². The van der Waals surface area contributed by atoms with Gasteiger partial charge in [-0.1, -0.05) is 32.0 Å². The van der Waals surface area contributed by atoms with Crippen LogP contribution in [0.1, 0.15) is 31.9 Å². The molecule has 3 N–H and O–H groups in total. The first kappa shape index (κ1) is 17.0. The molecule has 2 rings (SSSR count). The van der Waals surface area contributed by atoms with Gasteiger partial charge in [0.2, 0.25) is 0 Å². The maximum Gasteiger partial charge on any atom is 0.290 e. The first-order chi connectivity index (χ1) is 10.9. The average Bonchev–Trinajstić information content (AvgIpc) is 2.72. The number of Topliss-reactive ketones (excluding diaryl/α,β-unsaturated/α-hetero) is 1. The van der Waals surface area contributed by atoms with Gasteiger partial charge in [0, 0.05) is 18.5 Å². The molecule has 1 amide bonds. The number of carbonyl (C=O) groups is 2. The number of para-hydroxylation sites is 1. The van der Waals surface area contributed by atoms with Crippen molar-refractivity contribution in [1.82, 2.24) is 4.90 Å². The molecule has 1 aliphatic heterocycles. The van der Waals surface area contributed by atoms with Gasteiger partial charge in [-0.15, -0.1) is 0 Å². The summed E-state index contributed by atoms with van der Waals surface area (Å²) in [5, 5.41) is 29.5. The Bertz CT molecular complexity index is 650. The van der Waals surface area contributed by atoms with E-state index in [1.54, 1.807) is 18.2 Å². The number of β-amino-alcohol motifs (C(OH)–C–C–N with tert-alkyl or cyclic N) is 1. The number of rotatable bonds is 6. The number of benzene rings is 1. The number of carbonyl (C=O) groups excluding carboxylic acids is 2. The van der Waals surface area contributed by atoms with Crippen LogP contribution in [-0.4, -0.2) is 45.1 Å². The second kappa shape index (κ2) is 6.83. The van der Waals surface area contributed by atoms with Crippen LogP contribution in [0.25, 0.3) is 0 Å². The van der Waals surface area contributed by atoms with Crippen LogP contribution in [0.2, 0.25) is 0 Å². The van der Waals surface area contributed by atoms with E-state index in [2.05, 4.69) is 0 Å². The highest BCUT2D eigenvalue weighted by Gasteiger charge is 2.43. The van der Waals surface area contributed by atoms with Crippen molar-refractivity contribution in [3.05, 3.63) is 41.2 Å². The van der Waals surface area contributed by atoms with Crippen LogP contribution in [0, 0.1) is 5.92 Å². The van der Waals surface area contributed by atoms with Gasteiger partial charge in [0.25, 0.3) is 5.91 Å². The molecule has 0 bridgehead atoms. The summed E-state index contributed by atoms with van der Waals surface area (Å²) >= 11 is 0. The first-order valence-electron chi connectivity index (χ1n) is 7.54. The molecule has 1 aliphatic rings. The van der Waals surface area contributed by atoms with Gasteiger partial charge in [0.1, 0.15) is 5.75 Å². The highest BCUT2D eigenvalue weighted by atomic mass is 16.3. The third kappa shape index (κ3) is 3.22. The smallest absolute Gasteiger partial charge is 0.290 e. The molecule has 0 spiro atoms. The van der Waals surface area contributed by atoms with Crippen molar-refractivity contribution < 1.29 is 24.9 Å². The monoisotopic (exact) mass is 319 g/mol. The zero-order chi connectivity index (χ0) is 17.1. The lowest BCUT2D eigenvalue weighted by atomic mass is 9.91. The number of phenolic OH excluding ortho intramolecular Hbond substituents is 1. The minimum atomic E-state index is -0.887. The van der Waals surface area contributed by atoms with Crippen LogP contribution >= 0.6 is 0 Å². The number of aromatic hydroxyl groups is 1. The lowest BCUT2D eigenvalue weighted by Gasteiger charge is -2.26. The molecule has 6 nitrogen and oxygen atoms in total. The number of hydrogen-bond donors (Lipinski definition) is 3. The summed E-state index contributed by atoms with van der Waals surface area (Å²) in [7, 11) is 0. The average molecular weight is 319 g/mol. The Morgan fingerprint density at radius 3 is 2.48 bits per heavy atom. The molecule has 0 saturated carbocycles. The van der Waals surface area contributed by atoms with Crippen molar-refractivity contribution in [1.29, 1.82) is 0 Å². The molecule has 23 heavy (non-hydrogen) atoms. The minimum absolute atomic E-state index is 0.0151. The number of hydrogen-bond acceptors (Lipinski definition) is 5. The Labute approximate surface area is 134 Å². The van der Waals surface area contributed by atoms with Gasteiger partial charge in [-0.25, -0.2) is 0 Å². The van der Waals surface area contributed by atoms with Gasteiger partial charge in [0.05, 0.1) is 18.2 Å². The standard InChI is InChI=1S/C17H21NO5/c1-10(2)9-13(21)14-15(11-5-3-4-6-12(11)20)18(7-8-19)17(23)16(14)22/h3-6,10,15,19-20,22H,7-9H2,1-2H3. The van der Waals surface area contributed by atoms with Crippen LogP contribution in [0.5, 0.6) is 5.75 Å². The number of phenols is 1. The van der Waals surface area contributed by atoms with E-state index in [1.807, 2.05) is 13.8 Å². The van der Waals surface area contributed by atoms with E-state index in [9.17, 15) is 24.9 Å². The summed E-state index contributed by atoms with van der Waals surface area (Å²) in [6.45, 7) is 3.38. The van der Waals surface area contributed by atoms with Crippen molar-refractivity contribution in [2.75, 3.05) is 13.2 Å². The number of aliphatic hydroxyl groups is 2. The number of nitrogens with zero attached hydrogens (tertiary/aromatic N) is 1. The summed E-state index contributed by atoms with van der Waals surface area (Å²) in [5.74, 6) is -1.65. The molecule has 0 aromatic heterocycles. The topological polar surface area (TPSA) is 98.1 Å². The summed E-state index contributed by atoms with van der Waals surface area (Å²) in [4.78, 5) is 26.0. The second-order valence-electron chi connectivity index (χ2n) is 5.97. The first-order valence-corrected chi connectivity index (χ1v) is 7.54. The van der Waals surface area contributed by atoms with Crippen molar-refractivity contribution in [2.24, 2.45) is 5.92 Å². The maximum absolute atomic E-state index is 12.5. The van der Waals surface area contributed by atoms with Gasteiger partial charge >= 0.3 is 0 Å². The zero-order valence-electron chi connectivity index (χ0n) is 13.2. The predicted octanol–water partition coefficient (Wildman–Crippen LogP) is 1.70. The molecule has 1 aromatic rings. The van der Waals surface area contributed by atoms with Crippen molar-refractivity contribution in [3.8, 4) is 5.75 Å². The highest BCUT2D eigenvalue weighted by molar-refractivity contribution is 6.09. The molecule has 1 atom stereocenters. The zero-order valence-corrected chi connectivity index (χ0v) is 13.2. The summed E-state index contributed by atoms with van der Waals surface area (Å²) in [6.07, 6.45) is 0.184. The van der Waals surface area contributed by atoms with E-state index in [-0.39, 0.29) is 42.6 Å². The molecule has 1 unspecified atom stereocenters. The molecule has 0 fully saturated rings. The molecular formula is C17H21NO5. The van der Waals surface area contributed by atoms with Crippen molar-refractivity contribution in [2.45, 2.75) is 26.3 Å². The van der Waals surface area contributed by atoms with Crippen LogP contribution in [0.3, 0.4) is 0 Å². The van der Waals surface area contributed by atoms with Gasteiger partial charge in [0.15, 0.2) is 11.5 Å². The molecule has 0 saturated heterocycles. The quantitative estimate of drug-likeness (QED) is 0.741. The fourth-order valence-corrected chi connectivity index (χ4v) is 2.80. The van der Waals surface area contributed by atoms with Crippen LogP contribution in [0.4, 0.5) is 0 Å². The molecule has 0 aliphatic carbocycles. The molecular weight excluding hydrogens is 298 g/mol. The van der Waals surface area contributed by atoms with Crippen LogP contribution in [-0.2, 0) is 9.59 Å². The molecule has 1 aromatic carbocycles.